The number of ether oxygens (including phenoxy) is 1. The Kier molecular flexibility index (Phi) is 4.23. The number of nitrogens with zero attached hydrogens (tertiary/aromatic N) is 5. The van der Waals surface area contributed by atoms with Crippen LogP contribution in [0.2, 0.25) is 0 Å². The summed E-state index contributed by atoms with van der Waals surface area (Å²) >= 11 is 0. The van der Waals surface area contributed by atoms with Crippen LogP contribution in [-0.4, -0.2) is 50.5 Å². The number of hydrogen-bond acceptors (Lipinski definition) is 6. The van der Waals surface area contributed by atoms with Crippen molar-refractivity contribution in [2.75, 3.05) is 20.2 Å². The predicted octanol–water partition coefficient (Wildman–Crippen LogP) is 3.18. The van der Waals surface area contributed by atoms with E-state index in [-0.39, 0.29) is 11.9 Å². The molecule has 8 nitrogen and oxygen atoms in total. The van der Waals surface area contributed by atoms with Gasteiger partial charge in [0.15, 0.2) is 5.65 Å². The fourth-order valence-electron chi connectivity index (χ4n) is 3.82. The van der Waals surface area contributed by atoms with Crippen molar-refractivity contribution in [2.45, 2.75) is 12.5 Å². The highest BCUT2D eigenvalue weighted by atomic mass is 16.5. The summed E-state index contributed by atoms with van der Waals surface area (Å²) in [5.74, 6) is 1.25. The zero-order valence-corrected chi connectivity index (χ0v) is 15.9. The fraction of sp³-hybridized carbons (Fsp3) is 0.238. The third kappa shape index (κ3) is 3.02. The largest absolute Gasteiger partial charge is 0.481 e. The van der Waals surface area contributed by atoms with Crippen LogP contribution in [0, 0.1) is 0 Å². The van der Waals surface area contributed by atoms with Crippen LogP contribution in [-0.2, 0) is 0 Å². The lowest BCUT2D eigenvalue weighted by molar-refractivity contribution is 0.0787. The van der Waals surface area contributed by atoms with Crippen molar-refractivity contribution in [3.05, 3.63) is 60.8 Å². The van der Waals surface area contributed by atoms with Gasteiger partial charge >= 0.3 is 0 Å². The molecule has 1 aliphatic heterocycles. The number of rotatable bonds is 4. The van der Waals surface area contributed by atoms with Crippen LogP contribution >= 0.6 is 0 Å². The molecule has 0 N–H and O–H groups in total. The van der Waals surface area contributed by atoms with E-state index in [0.29, 0.717) is 24.5 Å². The molecule has 0 bridgehead atoms. The molecule has 0 saturated carbocycles. The molecule has 5 heterocycles. The molecule has 0 aromatic carbocycles. The lowest BCUT2D eigenvalue weighted by atomic mass is 10.2. The van der Waals surface area contributed by atoms with Crippen LogP contribution in [0.3, 0.4) is 0 Å². The molecular weight excluding hydrogens is 370 g/mol. The molecule has 0 radical (unpaired) electrons. The molecule has 1 amide bonds. The standard InChI is InChI=1S/C21H19N5O3/c1-28-18-5-4-14(11-23-18)21(27)25-9-6-16(12-25)26-19(15-7-10-29-13-15)24-17-3-2-8-22-20(17)26/h2-5,7-8,10-11,13,16H,6,9,12H2,1H3/t16-/m0/s1. The minimum Gasteiger partial charge on any atom is -0.481 e. The SMILES string of the molecule is COc1ccc(C(=O)N2CC[C@H](n3c(-c4ccoc4)nc4cccnc43)C2)cn1. The van der Waals surface area contributed by atoms with E-state index in [1.54, 1.807) is 44.2 Å². The smallest absolute Gasteiger partial charge is 0.255 e. The van der Waals surface area contributed by atoms with E-state index < -0.39 is 0 Å². The quantitative estimate of drug-likeness (QED) is 0.533. The number of methoxy groups -OCH3 is 1. The zero-order chi connectivity index (χ0) is 19.8. The Balaban J connectivity index is 1.46. The minimum atomic E-state index is -0.0371. The number of carbonyl (C=O) groups excluding carboxylic acids is 1. The predicted molar refractivity (Wildman–Crippen MR) is 106 cm³/mol. The van der Waals surface area contributed by atoms with Gasteiger partial charge in [0, 0.05) is 31.5 Å². The van der Waals surface area contributed by atoms with Crippen molar-refractivity contribution >= 4 is 17.1 Å². The van der Waals surface area contributed by atoms with Gasteiger partial charge in [-0.25, -0.2) is 15.0 Å². The van der Waals surface area contributed by atoms with Crippen molar-refractivity contribution in [1.82, 2.24) is 24.4 Å². The van der Waals surface area contributed by atoms with Gasteiger partial charge in [-0.05, 0) is 30.7 Å². The second kappa shape index (κ2) is 7.05. The molecule has 1 atom stereocenters. The summed E-state index contributed by atoms with van der Waals surface area (Å²) in [5.41, 5.74) is 3.09. The molecule has 1 aliphatic rings. The molecule has 4 aromatic heterocycles. The van der Waals surface area contributed by atoms with Gasteiger partial charge < -0.3 is 18.6 Å². The average molecular weight is 389 g/mol. The molecule has 0 unspecified atom stereocenters. The second-order valence-electron chi connectivity index (χ2n) is 6.95. The van der Waals surface area contributed by atoms with Crippen LogP contribution < -0.4 is 4.74 Å². The van der Waals surface area contributed by atoms with Crippen LogP contribution in [0.1, 0.15) is 22.8 Å². The monoisotopic (exact) mass is 389 g/mol. The van der Waals surface area contributed by atoms with Crippen molar-refractivity contribution in [3.8, 4) is 17.3 Å². The molecule has 0 spiro atoms. The van der Waals surface area contributed by atoms with Crippen molar-refractivity contribution in [2.24, 2.45) is 0 Å². The van der Waals surface area contributed by atoms with Gasteiger partial charge in [-0.2, -0.15) is 0 Å². The van der Waals surface area contributed by atoms with Crippen LogP contribution in [0.5, 0.6) is 5.88 Å². The summed E-state index contributed by atoms with van der Waals surface area (Å²) in [6.07, 6.45) is 7.45. The lowest BCUT2D eigenvalue weighted by Gasteiger charge is -2.18. The van der Waals surface area contributed by atoms with Crippen LogP contribution in [0.4, 0.5) is 0 Å². The first kappa shape index (κ1) is 17.4. The van der Waals surface area contributed by atoms with Crippen molar-refractivity contribution in [1.29, 1.82) is 0 Å². The number of imidazole rings is 1. The highest BCUT2D eigenvalue weighted by molar-refractivity contribution is 5.94. The lowest BCUT2D eigenvalue weighted by Crippen LogP contribution is -2.29. The van der Waals surface area contributed by atoms with E-state index in [1.165, 1.54) is 0 Å². The molecule has 8 heteroatoms. The van der Waals surface area contributed by atoms with Gasteiger partial charge in [-0.3, -0.25) is 4.79 Å². The van der Waals surface area contributed by atoms with Gasteiger partial charge in [-0.15, -0.1) is 0 Å². The first-order valence-corrected chi connectivity index (χ1v) is 9.39. The number of aromatic nitrogens is 4. The van der Waals surface area contributed by atoms with Gasteiger partial charge in [0.05, 0.1) is 30.5 Å². The molecular formula is C21H19N5O3. The summed E-state index contributed by atoms with van der Waals surface area (Å²) < 4.78 is 12.5. The first-order valence-electron chi connectivity index (χ1n) is 9.39. The normalized spacial score (nSPS) is 16.4. The first-order chi connectivity index (χ1) is 14.2. The Bertz CT molecular complexity index is 1150. The number of fused-ring (bicyclic) bond motifs is 1. The summed E-state index contributed by atoms with van der Waals surface area (Å²) in [6.45, 7) is 1.24. The van der Waals surface area contributed by atoms with E-state index in [1.807, 2.05) is 23.1 Å². The molecule has 0 aliphatic carbocycles. The maximum absolute atomic E-state index is 12.9. The van der Waals surface area contributed by atoms with Crippen molar-refractivity contribution in [3.63, 3.8) is 0 Å². The number of amides is 1. The number of furan rings is 1. The summed E-state index contributed by atoms with van der Waals surface area (Å²) in [7, 11) is 1.55. The van der Waals surface area contributed by atoms with E-state index in [0.717, 1.165) is 29.0 Å². The van der Waals surface area contributed by atoms with E-state index in [4.69, 9.17) is 14.1 Å². The Hall–Kier alpha value is -3.68. The molecule has 146 valence electrons. The molecule has 29 heavy (non-hydrogen) atoms. The van der Waals surface area contributed by atoms with E-state index in [2.05, 4.69) is 14.5 Å². The summed E-state index contributed by atoms with van der Waals surface area (Å²) in [4.78, 5) is 28.2. The zero-order valence-electron chi connectivity index (χ0n) is 15.9. The van der Waals surface area contributed by atoms with Crippen molar-refractivity contribution < 1.29 is 13.9 Å². The Morgan fingerprint density at radius 2 is 2.17 bits per heavy atom. The molecule has 1 fully saturated rings. The van der Waals surface area contributed by atoms with Crippen LogP contribution in [0.25, 0.3) is 22.6 Å². The molecule has 5 rings (SSSR count). The molecule has 1 saturated heterocycles. The third-order valence-electron chi connectivity index (χ3n) is 5.24. The number of carbonyl (C=O) groups is 1. The maximum Gasteiger partial charge on any atom is 0.255 e. The number of hydrogen-bond donors (Lipinski definition) is 0. The Labute approximate surface area is 166 Å². The Morgan fingerprint density at radius 3 is 2.93 bits per heavy atom. The maximum atomic E-state index is 12.9. The van der Waals surface area contributed by atoms with Gasteiger partial charge in [0.25, 0.3) is 5.91 Å². The number of pyridine rings is 2. The number of likely N-dealkylation sites (tertiary alicyclic amines) is 1. The van der Waals surface area contributed by atoms with Gasteiger partial charge in [0.1, 0.15) is 17.6 Å². The topological polar surface area (TPSA) is 86.3 Å². The van der Waals surface area contributed by atoms with Gasteiger partial charge in [-0.1, -0.05) is 0 Å². The van der Waals surface area contributed by atoms with E-state index in [9.17, 15) is 4.79 Å². The highest BCUT2D eigenvalue weighted by Gasteiger charge is 2.31. The summed E-state index contributed by atoms with van der Waals surface area (Å²) in [6, 6.07) is 9.23. The van der Waals surface area contributed by atoms with Crippen LogP contribution in [0.15, 0.2) is 59.7 Å². The second-order valence-corrected chi connectivity index (χ2v) is 6.95. The Morgan fingerprint density at radius 1 is 1.24 bits per heavy atom. The fourth-order valence-corrected chi connectivity index (χ4v) is 3.82. The minimum absolute atomic E-state index is 0.0371. The van der Waals surface area contributed by atoms with Gasteiger partial charge in [0.2, 0.25) is 5.88 Å². The molecule has 4 aromatic rings. The highest BCUT2D eigenvalue weighted by Crippen LogP contribution is 2.32. The average Bonchev–Trinajstić information content (AvgIpc) is 3.52. The third-order valence-corrected chi connectivity index (χ3v) is 5.24. The van der Waals surface area contributed by atoms with E-state index >= 15 is 0 Å². The summed E-state index contributed by atoms with van der Waals surface area (Å²) in [5, 5.41) is 0.